The highest BCUT2D eigenvalue weighted by Crippen LogP contribution is 2.36. The van der Waals surface area contributed by atoms with Crippen LogP contribution in [0.5, 0.6) is 0 Å². The number of aryl methyl sites for hydroxylation is 1. The number of hydrogen-bond acceptors (Lipinski definition) is 5. The highest BCUT2D eigenvalue weighted by Gasteiger charge is 2.35. The van der Waals surface area contributed by atoms with E-state index in [-0.39, 0.29) is 30.6 Å². The minimum atomic E-state index is -0.138. The minimum absolute atomic E-state index is 0.00897. The molecule has 3 aliphatic rings. The van der Waals surface area contributed by atoms with Gasteiger partial charge in [0.1, 0.15) is 12.4 Å². The lowest BCUT2D eigenvalue weighted by Crippen LogP contribution is -2.41. The Kier molecular flexibility index (Phi) is 6.89. The zero-order valence-electron chi connectivity index (χ0n) is 19.2. The largest absolute Gasteiger partial charge is 0.369 e. The van der Waals surface area contributed by atoms with Gasteiger partial charge in [0.2, 0.25) is 11.8 Å². The lowest BCUT2D eigenvalue weighted by atomic mass is 9.88. The Labute approximate surface area is 185 Å². The Bertz CT molecular complexity index is 819. The van der Waals surface area contributed by atoms with Crippen molar-refractivity contribution >= 4 is 17.6 Å². The van der Waals surface area contributed by atoms with Gasteiger partial charge in [-0.05, 0) is 58.8 Å². The lowest BCUT2D eigenvalue weighted by Gasteiger charge is -2.34. The number of carbonyl (C=O) groups excluding carboxylic acids is 2. The van der Waals surface area contributed by atoms with Crippen LogP contribution in [0.3, 0.4) is 0 Å². The normalized spacial score (nSPS) is 22.3. The number of likely N-dealkylation sites (tertiary alicyclic amines) is 1. The van der Waals surface area contributed by atoms with Crippen LogP contribution in [0.4, 0.5) is 5.82 Å². The summed E-state index contributed by atoms with van der Waals surface area (Å²) in [6, 6.07) is -0.138. The molecule has 31 heavy (non-hydrogen) atoms. The van der Waals surface area contributed by atoms with Crippen LogP contribution >= 0.6 is 0 Å². The summed E-state index contributed by atoms with van der Waals surface area (Å²) in [7, 11) is 0. The molecule has 0 bridgehead atoms. The second-order valence-electron chi connectivity index (χ2n) is 9.58. The molecule has 2 aliphatic heterocycles. The molecule has 1 aliphatic carbocycles. The van der Waals surface area contributed by atoms with Crippen molar-refractivity contribution in [3.63, 3.8) is 0 Å². The molecule has 0 unspecified atom stereocenters. The molecule has 3 heterocycles. The summed E-state index contributed by atoms with van der Waals surface area (Å²) >= 11 is 0. The Morgan fingerprint density at radius 1 is 1.10 bits per heavy atom. The zero-order chi connectivity index (χ0) is 22.0. The summed E-state index contributed by atoms with van der Waals surface area (Å²) in [5, 5.41) is 0. The number of aromatic nitrogens is 2. The van der Waals surface area contributed by atoms with Gasteiger partial charge in [0, 0.05) is 30.8 Å². The molecular formula is C24H36N4O3. The first kappa shape index (κ1) is 22.2. The summed E-state index contributed by atoms with van der Waals surface area (Å²) in [6.07, 6.45) is 9.24. The van der Waals surface area contributed by atoms with Crippen LogP contribution in [0.2, 0.25) is 0 Å². The van der Waals surface area contributed by atoms with E-state index in [9.17, 15) is 9.59 Å². The monoisotopic (exact) mass is 428 g/mol. The summed E-state index contributed by atoms with van der Waals surface area (Å²) in [5.41, 5.74) is 2.04. The fraction of sp³-hybridized carbons (Fsp3) is 0.750. The molecule has 4 rings (SSSR count). The average Bonchev–Trinajstić information content (AvgIpc) is 3.25. The molecule has 0 N–H and O–H groups in total. The number of fused-ring (bicyclic) bond motifs is 1. The predicted molar refractivity (Wildman–Crippen MR) is 119 cm³/mol. The summed E-state index contributed by atoms with van der Waals surface area (Å²) < 4.78 is 5.55. The third kappa shape index (κ3) is 4.92. The Morgan fingerprint density at radius 2 is 1.87 bits per heavy atom. The first-order valence-corrected chi connectivity index (χ1v) is 12.0. The third-order valence-electron chi connectivity index (χ3n) is 6.93. The van der Waals surface area contributed by atoms with Gasteiger partial charge in [-0.3, -0.25) is 14.5 Å². The van der Waals surface area contributed by atoms with Gasteiger partial charge in [0.05, 0.1) is 12.1 Å². The smallest absolute Gasteiger partial charge is 0.249 e. The summed E-state index contributed by atoms with van der Waals surface area (Å²) in [5.74, 6) is 2.19. The standard InChI is InChI=1S/C24H36N4O3/c1-16(2)31-15-22(30)27-13-7-10-20(27)23-25-17(3)19-11-12-21(29)28(24(19)26-23)14-18-8-5-4-6-9-18/h16,18,20H,4-15H2,1-3H3/t20-/m0/s1. The molecule has 0 aromatic carbocycles. The number of carbonyl (C=O) groups is 2. The highest BCUT2D eigenvalue weighted by atomic mass is 16.5. The molecule has 7 nitrogen and oxygen atoms in total. The minimum Gasteiger partial charge on any atom is -0.369 e. The van der Waals surface area contributed by atoms with Crippen molar-refractivity contribution in [1.29, 1.82) is 0 Å². The van der Waals surface area contributed by atoms with E-state index in [2.05, 4.69) is 0 Å². The quantitative estimate of drug-likeness (QED) is 0.690. The van der Waals surface area contributed by atoms with Crippen LogP contribution in [0.15, 0.2) is 0 Å². The number of hydrogen-bond donors (Lipinski definition) is 0. The topological polar surface area (TPSA) is 75.6 Å². The van der Waals surface area contributed by atoms with Crippen molar-refractivity contribution in [1.82, 2.24) is 14.9 Å². The van der Waals surface area contributed by atoms with Gasteiger partial charge in [0.25, 0.3) is 0 Å². The second-order valence-corrected chi connectivity index (χ2v) is 9.58. The molecule has 1 saturated heterocycles. The maximum absolute atomic E-state index is 12.9. The Morgan fingerprint density at radius 3 is 2.61 bits per heavy atom. The molecule has 0 spiro atoms. The lowest BCUT2D eigenvalue weighted by molar-refractivity contribution is -0.138. The number of rotatable bonds is 6. The van der Waals surface area contributed by atoms with E-state index in [0.29, 0.717) is 31.1 Å². The van der Waals surface area contributed by atoms with E-state index in [0.717, 1.165) is 36.5 Å². The van der Waals surface area contributed by atoms with E-state index in [1.807, 2.05) is 30.6 Å². The van der Waals surface area contributed by atoms with Crippen LogP contribution < -0.4 is 4.90 Å². The van der Waals surface area contributed by atoms with E-state index >= 15 is 0 Å². The number of ether oxygens (including phenoxy) is 1. The first-order chi connectivity index (χ1) is 14.9. The van der Waals surface area contributed by atoms with E-state index in [1.165, 1.54) is 32.1 Å². The van der Waals surface area contributed by atoms with Crippen LogP contribution in [-0.2, 0) is 20.7 Å². The van der Waals surface area contributed by atoms with Gasteiger partial charge >= 0.3 is 0 Å². The Balaban J connectivity index is 1.59. The molecule has 2 amide bonds. The summed E-state index contributed by atoms with van der Waals surface area (Å²) in [4.78, 5) is 39.2. The number of amides is 2. The predicted octanol–water partition coefficient (Wildman–Crippen LogP) is 3.73. The van der Waals surface area contributed by atoms with Gasteiger partial charge in [0.15, 0.2) is 5.82 Å². The maximum Gasteiger partial charge on any atom is 0.249 e. The number of anilines is 1. The second kappa shape index (κ2) is 9.63. The van der Waals surface area contributed by atoms with Gasteiger partial charge in [-0.2, -0.15) is 0 Å². The van der Waals surface area contributed by atoms with Crippen molar-refractivity contribution < 1.29 is 14.3 Å². The van der Waals surface area contributed by atoms with E-state index in [4.69, 9.17) is 14.7 Å². The van der Waals surface area contributed by atoms with Crippen molar-refractivity contribution in [2.24, 2.45) is 5.92 Å². The zero-order valence-corrected chi connectivity index (χ0v) is 19.2. The van der Waals surface area contributed by atoms with Crippen LogP contribution in [0.1, 0.15) is 88.3 Å². The molecule has 1 aromatic heterocycles. The van der Waals surface area contributed by atoms with Crippen molar-refractivity contribution in [2.75, 3.05) is 24.6 Å². The Hall–Kier alpha value is -2.02. The first-order valence-electron chi connectivity index (χ1n) is 12.0. The average molecular weight is 429 g/mol. The van der Waals surface area contributed by atoms with Gasteiger partial charge < -0.3 is 9.64 Å². The van der Waals surface area contributed by atoms with E-state index in [1.54, 1.807) is 0 Å². The maximum atomic E-state index is 12.9. The van der Waals surface area contributed by atoms with Gasteiger partial charge in [-0.25, -0.2) is 9.97 Å². The van der Waals surface area contributed by atoms with Crippen molar-refractivity contribution in [2.45, 2.75) is 90.7 Å². The van der Waals surface area contributed by atoms with Gasteiger partial charge in [-0.1, -0.05) is 19.3 Å². The molecule has 1 saturated carbocycles. The number of nitrogens with zero attached hydrogens (tertiary/aromatic N) is 4. The summed E-state index contributed by atoms with van der Waals surface area (Å²) in [6.45, 7) is 7.43. The highest BCUT2D eigenvalue weighted by molar-refractivity contribution is 5.95. The fourth-order valence-corrected chi connectivity index (χ4v) is 5.22. The molecule has 170 valence electrons. The molecule has 2 fully saturated rings. The fourth-order valence-electron chi connectivity index (χ4n) is 5.22. The van der Waals surface area contributed by atoms with E-state index < -0.39 is 0 Å². The molecular weight excluding hydrogens is 392 g/mol. The molecule has 7 heteroatoms. The molecule has 1 atom stereocenters. The SMILES string of the molecule is Cc1nc([C@@H]2CCCN2C(=O)COC(C)C)nc2c1CCC(=O)N2CC1CCCCC1. The van der Waals surface area contributed by atoms with Crippen LogP contribution in [0, 0.1) is 12.8 Å². The molecule has 1 aromatic rings. The molecule has 0 radical (unpaired) electrons. The van der Waals surface area contributed by atoms with Crippen LogP contribution in [0.25, 0.3) is 0 Å². The van der Waals surface area contributed by atoms with Crippen molar-refractivity contribution in [3.05, 3.63) is 17.1 Å². The third-order valence-corrected chi connectivity index (χ3v) is 6.93. The van der Waals surface area contributed by atoms with Crippen LogP contribution in [-0.4, -0.2) is 52.5 Å². The van der Waals surface area contributed by atoms with Gasteiger partial charge in [-0.15, -0.1) is 0 Å². The van der Waals surface area contributed by atoms with Crippen molar-refractivity contribution in [3.8, 4) is 0 Å².